The van der Waals surface area contributed by atoms with E-state index in [0.717, 1.165) is 21.7 Å². The van der Waals surface area contributed by atoms with E-state index in [4.69, 9.17) is 9.47 Å². The second-order valence-electron chi connectivity index (χ2n) is 6.96. The lowest BCUT2D eigenvalue weighted by Crippen LogP contribution is -2.31. The molecule has 2 aromatic carbocycles. The van der Waals surface area contributed by atoms with Gasteiger partial charge in [-0.25, -0.2) is 0 Å². The molecule has 6 nitrogen and oxygen atoms in total. The summed E-state index contributed by atoms with van der Waals surface area (Å²) in [5.74, 6) is 1.90. The Labute approximate surface area is 177 Å². The number of ether oxygens (including phenoxy) is 2. The number of nitrogens with zero attached hydrogens (tertiary/aromatic N) is 2. The molecule has 1 amide bonds. The van der Waals surface area contributed by atoms with Crippen molar-refractivity contribution in [1.29, 1.82) is 0 Å². The Hall–Kier alpha value is -3.58. The molecule has 0 bridgehead atoms. The van der Waals surface area contributed by atoms with Gasteiger partial charge in [-0.2, -0.15) is 5.10 Å². The highest BCUT2D eigenvalue weighted by Gasteiger charge is 2.27. The lowest BCUT2D eigenvalue weighted by Gasteiger charge is -2.28. The number of benzene rings is 2. The number of carbonyl (C=O) groups excluding carboxylic acids is 1. The Kier molecular flexibility index (Phi) is 4.72. The lowest BCUT2D eigenvalue weighted by molar-refractivity contribution is 0.0725. The molecule has 150 valence electrons. The Morgan fingerprint density at radius 2 is 1.93 bits per heavy atom. The molecule has 4 aromatic rings. The molecule has 0 radical (unpaired) electrons. The van der Waals surface area contributed by atoms with Gasteiger partial charge in [-0.3, -0.25) is 9.89 Å². The fourth-order valence-corrected chi connectivity index (χ4v) is 4.38. The molecule has 30 heavy (non-hydrogen) atoms. The second-order valence-corrected chi connectivity index (χ2v) is 7.90. The number of aromatic nitrogens is 2. The maximum absolute atomic E-state index is 13.6. The van der Waals surface area contributed by atoms with Crippen LogP contribution in [0.2, 0.25) is 0 Å². The monoisotopic (exact) mass is 417 g/mol. The molecule has 0 saturated heterocycles. The van der Waals surface area contributed by atoms with Crippen molar-refractivity contribution in [2.75, 3.05) is 7.11 Å². The van der Waals surface area contributed by atoms with Crippen LogP contribution in [-0.4, -0.2) is 28.1 Å². The van der Waals surface area contributed by atoms with Gasteiger partial charge in [0.05, 0.1) is 42.5 Å². The number of nitrogens with one attached hydrogen (secondary N) is 1. The molecule has 7 heteroatoms. The summed E-state index contributed by atoms with van der Waals surface area (Å²) in [7, 11) is 1.62. The summed E-state index contributed by atoms with van der Waals surface area (Å²) in [6.45, 7) is 0.829. The van der Waals surface area contributed by atoms with Crippen molar-refractivity contribution in [1.82, 2.24) is 15.1 Å². The Balaban J connectivity index is 1.59. The van der Waals surface area contributed by atoms with Crippen molar-refractivity contribution in [3.8, 4) is 27.8 Å². The third kappa shape index (κ3) is 3.23. The number of thiophene rings is 1. The van der Waals surface area contributed by atoms with Gasteiger partial charge >= 0.3 is 0 Å². The average Bonchev–Trinajstić information content (AvgIpc) is 3.44. The number of amides is 1. The summed E-state index contributed by atoms with van der Waals surface area (Å²) in [4.78, 5) is 16.4. The van der Waals surface area contributed by atoms with E-state index in [1.165, 1.54) is 0 Å². The summed E-state index contributed by atoms with van der Waals surface area (Å²) >= 11 is 1.57. The van der Waals surface area contributed by atoms with Crippen LogP contribution in [0.25, 0.3) is 10.6 Å². The van der Waals surface area contributed by atoms with Gasteiger partial charge in [0, 0.05) is 11.1 Å². The smallest absolute Gasteiger partial charge is 0.258 e. The third-order valence-electron chi connectivity index (χ3n) is 5.11. The fourth-order valence-electron chi connectivity index (χ4n) is 3.64. The number of methoxy groups -OCH3 is 1. The van der Waals surface area contributed by atoms with Crippen molar-refractivity contribution in [3.63, 3.8) is 0 Å². The fraction of sp³-hybridized carbons (Fsp3) is 0.130. The maximum Gasteiger partial charge on any atom is 0.258 e. The zero-order valence-electron chi connectivity index (χ0n) is 16.3. The van der Waals surface area contributed by atoms with E-state index in [-0.39, 0.29) is 5.91 Å². The van der Waals surface area contributed by atoms with Crippen LogP contribution in [0.15, 0.2) is 66.2 Å². The molecule has 3 heterocycles. The molecule has 0 saturated carbocycles. The van der Waals surface area contributed by atoms with Gasteiger partial charge in [0.2, 0.25) is 0 Å². The van der Waals surface area contributed by atoms with Crippen molar-refractivity contribution >= 4 is 17.2 Å². The van der Waals surface area contributed by atoms with E-state index in [2.05, 4.69) is 10.2 Å². The van der Waals surface area contributed by atoms with Crippen molar-refractivity contribution < 1.29 is 14.3 Å². The molecule has 0 atom stereocenters. The molecule has 0 unspecified atom stereocenters. The first kappa shape index (κ1) is 18.4. The van der Waals surface area contributed by atoms with Crippen LogP contribution in [0, 0.1) is 0 Å². The van der Waals surface area contributed by atoms with E-state index in [9.17, 15) is 4.79 Å². The number of aromatic amines is 1. The van der Waals surface area contributed by atoms with E-state index < -0.39 is 0 Å². The Morgan fingerprint density at radius 1 is 1.10 bits per heavy atom. The summed E-state index contributed by atoms with van der Waals surface area (Å²) < 4.78 is 11.7. The second kappa shape index (κ2) is 7.68. The van der Waals surface area contributed by atoms with E-state index in [0.29, 0.717) is 35.9 Å². The van der Waals surface area contributed by atoms with Gasteiger partial charge in [0.1, 0.15) is 5.75 Å². The van der Waals surface area contributed by atoms with E-state index in [1.54, 1.807) is 24.6 Å². The van der Waals surface area contributed by atoms with Gasteiger partial charge < -0.3 is 14.4 Å². The van der Waals surface area contributed by atoms with Crippen molar-refractivity contribution in [3.05, 3.63) is 82.9 Å². The highest BCUT2D eigenvalue weighted by molar-refractivity contribution is 7.13. The minimum Gasteiger partial charge on any atom is -0.493 e. The predicted octanol–water partition coefficient (Wildman–Crippen LogP) is 5.10. The first-order valence-electron chi connectivity index (χ1n) is 9.52. The average molecular weight is 417 g/mol. The van der Waals surface area contributed by atoms with Gasteiger partial charge in [-0.1, -0.05) is 36.4 Å². The molecule has 5 rings (SSSR count). The summed E-state index contributed by atoms with van der Waals surface area (Å²) in [5.41, 5.74) is 3.12. The molecular formula is C23H19N3O3S. The largest absolute Gasteiger partial charge is 0.493 e. The van der Waals surface area contributed by atoms with Gasteiger partial charge in [0.15, 0.2) is 11.5 Å². The standard InChI is InChI=1S/C23H19N3O3S/c1-28-19-9-4-7-16-14-26(13-15-6-2-3-8-18(15)29-22(16)19)23(27)17-12-24-25-21(17)20-10-5-11-30-20/h2-12H,13-14H2,1H3,(H,24,25). The quantitative estimate of drug-likeness (QED) is 0.504. The van der Waals surface area contributed by atoms with Crippen LogP contribution in [0.1, 0.15) is 21.5 Å². The van der Waals surface area contributed by atoms with Gasteiger partial charge in [-0.05, 0) is 23.6 Å². The summed E-state index contributed by atoms with van der Waals surface area (Å²) in [6.07, 6.45) is 1.60. The summed E-state index contributed by atoms with van der Waals surface area (Å²) in [5, 5.41) is 9.11. The van der Waals surface area contributed by atoms with Gasteiger partial charge in [-0.15, -0.1) is 11.3 Å². The molecule has 0 aliphatic carbocycles. The Morgan fingerprint density at radius 3 is 2.77 bits per heavy atom. The first-order valence-corrected chi connectivity index (χ1v) is 10.4. The Bertz CT molecular complexity index is 1200. The number of H-pyrrole nitrogens is 1. The molecule has 1 aliphatic heterocycles. The van der Waals surface area contributed by atoms with Crippen LogP contribution in [0.5, 0.6) is 17.2 Å². The van der Waals surface area contributed by atoms with Crippen molar-refractivity contribution in [2.45, 2.75) is 13.1 Å². The lowest BCUT2D eigenvalue weighted by atomic mass is 10.1. The molecule has 2 aromatic heterocycles. The minimum absolute atomic E-state index is 0.0855. The van der Waals surface area contributed by atoms with Crippen LogP contribution in [0.3, 0.4) is 0 Å². The van der Waals surface area contributed by atoms with Crippen molar-refractivity contribution in [2.24, 2.45) is 0 Å². The van der Waals surface area contributed by atoms with Crippen LogP contribution >= 0.6 is 11.3 Å². The predicted molar refractivity (Wildman–Crippen MR) is 115 cm³/mol. The molecule has 1 N–H and O–H groups in total. The van der Waals surface area contributed by atoms with E-state index >= 15 is 0 Å². The molecule has 1 aliphatic rings. The SMILES string of the molecule is COc1cccc2c1Oc1ccccc1CN(C(=O)c1cn[nH]c1-c1cccs1)C2. The number of hydrogen-bond acceptors (Lipinski definition) is 5. The number of hydrogen-bond donors (Lipinski definition) is 1. The zero-order valence-corrected chi connectivity index (χ0v) is 17.1. The maximum atomic E-state index is 13.6. The number of carbonyl (C=O) groups is 1. The molecule has 0 fully saturated rings. The van der Waals surface area contributed by atoms with Crippen LogP contribution < -0.4 is 9.47 Å². The topological polar surface area (TPSA) is 67.5 Å². The molecule has 0 spiro atoms. The number of fused-ring (bicyclic) bond motifs is 2. The highest BCUT2D eigenvalue weighted by Crippen LogP contribution is 2.39. The summed E-state index contributed by atoms with van der Waals surface area (Å²) in [6, 6.07) is 17.4. The van der Waals surface area contributed by atoms with Crippen LogP contribution in [-0.2, 0) is 13.1 Å². The van der Waals surface area contributed by atoms with Crippen LogP contribution in [0.4, 0.5) is 0 Å². The zero-order chi connectivity index (χ0) is 20.5. The minimum atomic E-state index is -0.0855. The third-order valence-corrected chi connectivity index (χ3v) is 6.00. The first-order chi connectivity index (χ1) is 14.7. The van der Waals surface area contributed by atoms with Gasteiger partial charge in [0.25, 0.3) is 5.91 Å². The number of para-hydroxylation sites is 2. The normalized spacial score (nSPS) is 12.9. The highest BCUT2D eigenvalue weighted by atomic mass is 32.1. The molecular weight excluding hydrogens is 398 g/mol. The van der Waals surface area contributed by atoms with E-state index in [1.807, 2.05) is 64.9 Å². The number of rotatable bonds is 3.